The molecule has 0 saturated carbocycles. The van der Waals surface area contributed by atoms with Crippen molar-refractivity contribution >= 4 is 11.8 Å². The molecule has 3 aliphatic heterocycles. The van der Waals surface area contributed by atoms with E-state index in [0.717, 1.165) is 32.4 Å². The quantitative estimate of drug-likeness (QED) is 0.718. The molecule has 0 radical (unpaired) electrons. The van der Waals surface area contributed by atoms with Gasteiger partial charge in [0.2, 0.25) is 11.8 Å². The van der Waals surface area contributed by atoms with Crippen LogP contribution in [0.25, 0.3) is 0 Å². The summed E-state index contributed by atoms with van der Waals surface area (Å²) in [6.45, 7) is 7.69. The van der Waals surface area contributed by atoms with E-state index < -0.39 is 5.54 Å². The number of rotatable bonds is 1. The van der Waals surface area contributed by atoms with E-state index in [1.165, 1.54) is 0 Å². The van der Waals surface area contributed by atoms with Crippen LogP contribution in [0.15, 0.2) is 0 Å². The molecule has 0 aromatic carbocycles. The minimum Gasteiger partial charge on any atom is -0.354 e. The lowest BCUT2D eigenvalue weighted by Gasteiger charge is -2.41. The van der Waals surface area contributed by atoms with Gasteiger partial charge in [0.25, 0.3) is 0 Å². The van der Waals surface area contributed by atoms with E-state index in [2.05, 4.69) is 40.0 Å². The first-order chi connectivity index (χ1) is 12.9. The summed E-state index contributed by atoms with van der Waals surface area (Å²) >= 11 is 0. The third-order valence-corrected chi connectivity index (χ3v) is 6.28. The van der Waals surface area contributed by atoms with Crippen molar-refractivity contribution in [3.05, 3.63) is 5.82 Å². The monoisotopic (exact) mass is 375 g/mol. The third-order valence-electron chi connectivity index (χ3n) is 6.28. The number of aryl methyl sites for hydroxylation is 1. The van der Waals surface area contributed by atoms with E-state index in [4.69, 9.17) is 0 Å². The van der Waals surface area contributed by atoms with Crippen LogP contribution in [0.2, 0.25) is 0 Å². The normalized spacial score (nSPS) is 27.4. The van der Waals surface area contributed by atoms with Crippen molar-refractivity contribution in [2.24, 2.45) is 5.41 Å². The summed E-state index contributed by atoms with van der Waals surface area (Å²) in [6, 6.07) is 0. The van der Waals surface area contributed by atoms with Crippen molar-refractivity contribution in [1.82, 2.24) is 35.7 Å². The zero-order chi connectivity index (χ0) is 19.1. The fourth-order valence-corrected chi connectivity index (χ4v) is 4.37. The highest BCUT2D eigenvalue weighted by atomic mass is 16.2. The highest BCUT2D eigenvalue weighted by Gasteiger charge is 2.45. The molecule has 4 rings (SSSR count). The van der Waals surface area contributed by atoms with Crippen LogP contribution in [0.1, 0.15) is 57.7 Å². The fourth-order valence-electron chi connectivity index (χ4n) is 4.37. The second-order valence-corrected chi connectivity index (χ2v) is 8.92. The van der Waals surface area contributed by atoms with Gasteiger partial charge in [-0.25, -0.2) is 4.68 Å². The van der Waals surface area contributed by atoms with Crippen molar-refractivity contribution in [3.63, 3.8) is 0 Å². The molecule has 9 nitrogen and oxygen atoms in total. The summed E-state index contributed by atoms with van der Waals surface area (Å²) in [5, 5.41) is 18.5. The number of fused-ring (bicyclic) bond motifs is 1. The van der Waals surface area contributed by atoms with Gasteiger partial charge in [0.05, 0.1) is 5.92 Å². The molecule has 1 aromatic rings. The predicted molar refractivity (Wildman–Crippen MR) is 97.7 cm³/mol. The summed E-state index contributed by atoms with van der Waals surface area (Å²) in [7, 11) is 0. The van der Waals surface area contributed by atoms with Crippen LogP contribution in [-0.2, 0) is 16.1 Å². The van der Waals surface area contributed by atoms with Gasteiger partial charge in [0.15, 0.2) is 5.82 Å². The van der Waals surface area contributed by atoms with Crippen LogP contribution in [0.4, 0.5) is 0 Å². The van der Waals surface area contributed by atoms with Crippen molar-refractivity contribution in [1.29, 1.82) is 0 Å². The Hall–Kier alpha value is -2.03. The predicted octanol–water partition coefficient (Wildman–Crippen LogP) is 0.0474. The van der Waals surface area contributed by atoms with E-state index in [0.29, 0.717) is 38.3 Å². The molecule has 2 saturated heterocycles. The summed E-state index contributed by atoms with van der Waals surface area (Å²) < 4.78 is 1.77. The molecule has 0 aliphatic carbocycles. The fraction of sp³-hybridized carbons (Fsp3) is 0.833. The van der Waals surface area contributed by atoms with Crippen LogP contribution in [0.5, 0.6) is 0 Å². The summed E-state index contributed by atoms with van der Waals surface area (Å²) in [5.41, 5.74) is -0.529. The molecule has 2 amide bonds. The molecule has 1 aromatic heterocycles. The molecular formula is C18H29N7O2. The number of carbonyl (C=O) groups excluding carboxylic acids is 2. The van der Waals surface area contributed by atoms with E-state index in [-0.39, 0.29) is 23.1 Å². The van der Waals surface area contributed by atoms with Crippen molar-refractivity contribution in [3.8, 4) is 0 Å². The summed E-state index contributed by atoms with van der Waals surface area (Å²) in [5.74, 6) is 0.576. The molecular weight excluding hydrogens is 346 g/mol. The van der Waals surface area contributed by atoms with Gasteiger partial charge >= 0.3 is 0 Å². The Morgan fingerprint density at radius 2 is 1.93 bits per heavy atom. The molecule has 1 spiro atoms. The second kappa shape index (κ2) is 6.85. The Kier molecular flexibility index (Phi) is 4.65. The van der Waals surface area contributed by atoms with Gasteiger partial charge < -0.3 is 15.5 Å². The first kappa shape index (κ1) is 18.3. The minimum absolute atomic E-state index is 0.0313. The number of amides is 2. The van der Waals surface area contributed by atoms with Gasteiger partial charge in [-0.2, -0.15) is 0 Å². The molecule has 9 heteroatoms. The largest absolute Gasteiger partial charge is 0.354 e. The number of aromatic nitrogens is 4. The second-order valence-electron chi connectivity index (χ2n) is 8.92. The van der Waals surface area contributed by atoms with E-state index in [1.54, 1.807) is 4.68 Å². The lowest BCUT2D eigenvalue weighted by Crippen LogP contribution is -2.61. The SMILES string of the molecule is CC1(C)CNC(=O)C2(CCN(C(=O)C3CCCCn4nnnc43)CC2)NC1. The van der Waals surface area contributed by atoms with E-state index in [1.807, 2.05) is 4.90 Å². The number of hydrogen-bond acceptors (Lipinski definition) is 6. The Morgan fingerprint density at radius 3 is 2.70 bits per heavy atom. The van der Waals surface area contributed by atoms with Crippen LogP contribution >= 0.6 is 0 Å². The third kappa shape index (κ3) is 3.44. The van der Waals surface area contributed by atoms with Gasteiger partial charge in [-0.1, -0.05) is 20.3 Å². The van der Waals surface area contributed by atoms with Gasteiger partial charge in [-0.3, -0.25) is 9.59 Å². The molecule has 27 heavy (non-hydrogen) atoms. The lowest BCUT2D eigenvalue weighted by atomic mass is 9.85. The van der Waals surface area contributed by atoms with Crippen molar-refractivity contribution in [2.45, 2.75) is 64.0 Å². The molecule has 3 aliphatic rings. The van der Waals surface area contributed by atoms with Crippen molar-refractivity contribution < 1.29 is 9.59 Å². The minimum atomic E-state index is -0.560. The molecule has 1 unspecified atom stereocenters. The highest BCUT2D eigenvalue weighted by molar-refractivity contribution is 5.88. The van der Waals surface area contributed by atoms with Gasteiger partial charge in [-0.15, -0.1) is 5.10 Å². The Labute approximate surface area is 159 Å². The Balaban J connectivity index is 1.45. The van der Waals surface area contributed by atoms with Gasteiger partial charge in [-0.05, 0) is 41.5 Å². The molecule has 4 heterocycles. The van der Waals surface area contributed by atoms with Crippen LogP contribution in [0.3, 0.4) is 0 Å². The number of tetrazole rings is 1. The maximum atomic E-state index is 13.2. The van der Waals surface area contributed by atoms with Crippen molar-refractivity contribution in [2.75, 3.05) is 26.2 Å². The highest BCUT2D eigenvalue weighted by Crippen LogP contribution is 2.31. The zero-order valence-corrected chi connectivity index (χ0v) is 16.2. The maximum absolute atomic E-state index is 13.2. The number of nitrogens with one attached hydrogen (secondary N) is 2. The first-order valence-electron chi connectivity index (χ1n) is 9.98. The number of carbonyl (C=O) groups is 2. The first-order valence-corrected chi connectivity index (χ1v) is 9.98. The van der Waals surface area contributed by atoms with Crippen LogP contribution in [0, 0.1) is 5.41 Å². The Bertz CT molecular complexity index is 721. The smallest absolute Gasteiger partial charge is 0.240 e. The lowest BCUT2D eigenvalue weighted by molar-refractivity contribution is -0.138. The maximum Gasteiger partial charge on any atom is 0.240 e. The van der Waals surface area contributed by atoms with E-state index >= 15 is 0 Å². The van der Waals surface area contributed by atoms with Gasteiger partial charge in [0, 0.05) is 32.7 Å². The molecule has 2 fully saturated rings. The standard InChI is InChI=1S/C18H29N7O2/c1-17(2)11-19-16(27)18(20-12-17)6-9-24(10-7-18)15(26)13-5-3-4-8-25-14(13)21-22-23-25/h13,20H,3-12H2,1-2H3,(H,19,27). The molecule has 1 atom stereocenters. The van der Waals surface area contributed by atoms with Crippen LogP contribution in [-0.4, -0.2) is 68.6 Å². The Morgan fingerprint density at radius 1 is 1.15 bits per heavy atom. The number of likely N-dealkylation sites (tertiary alicyclic amines) is 1. The van der Waals surface area contributed by atoms with Crippen LogP contribution < -0.4 is 10.6 Å². The van der Waals surface area contributed by atoms with E-state index in [9.17, 15) is 9.59 Å². The van der Waals surface area contributed by atoms with Gasteiger partial charge in [0.1, 0.15) is 5.54 Å². The molecule has 2 N–H and O–H groups in total. The number of hydrogen-bond donors (Lipinski definition) is 2. The molecule has 148 valence electrons. The average Bonchev–Trinajstić information content (AvgIpc) is 2.99. The summed E-state index contributed by atoms with van der Waals surface area (Å²) in [6.07, 6.45) is 4.04. The number of nitrogens with zero attached hydrogens (tertiary/aromatic N) is 5. The zero-order valence-electron chi connectivity index (χ0n) is 16.2. The number of piperidine rings is 1. The average molecular weight is 375 g/mol. The topological polar surface area (TPSA) is 105 Å². The summed E-state index contributed by atoms with van der Waals surface area (Å²) in [4.78, 5) is 27.8. The molecule has 0 bridgehead atoms.